The summed E-state index contributed by atoms with van der Waals surface area (Å²) in [5.74, 6) is -0.0758. The zero-order chi connectivity index (χ0) is 20.1. The van der Waals surface area contributed by atoms with Crippen LogP contribution in [0, 0.1) is 0 Å². The number of hydrogen-bond donors (Lipinski definition) is 2. The van der Waals surface area contributed by atoms with Gasteiger partial charge in [0.05, 0.1) is 12.0 Å². The Morgan fingerprint density at radius 2 is 1.83 bits per heavy atom. The van der Waals surface area contributed by atoms with Crippen molar-refractivity contribution in [3.8, 4) is 0 Å². The van der Waals surface area contributed by atoms with E-state index in [1.807, 2.05) is 35.7 Å². The second-order valence-corrected chi connectivity index (χ2v) is 9.07. The number of benzene rings is 1. The molecule has 0 spiro atoms. The van der Waals surface area contributed by atoms with Gasteiger partial charge in [0, 0.05) is 35.4 Å². The summed E-state index contributed by atoms with van der Waals surface area (Å²) in [6.45, 7) is 1.96. The molecule has 2 amide bonds. The minimum Gasteiger partial charge on any atom is -0.371 e. The molecule has 2 fully saturated rings. The predicted molar refractivity (Wildman–Crippen MR) is 119 cm³/mol. The van der Waals surface area contributed by atoms with Crippen LogP contribution < -0.4 is 15.5 Å². The van der Waals surface area contributed by atoms with Gasteiger partial charge in [0.2, 0.25) is 5.91 Å². The highest BCUT2D eigenvalue weighted by Crippen LogP contribution is 2.28. The maximum atomic E-state index is 13.1. The van der Waals surface area contributed by atoms with Gasteiger partial charge in [0.25, 0.3) is 5.91 Å². The first-order chi connectivity index (χ1) is 14.2. The number of thiophene rings is 1. The molecule has 0 atom stereocenters. The van der Waals surface area contributed by atoms with Gasteiger partial charge in [0.1, 0.15) is 0 Å². The Balaban J connectivity index is 1.51. The molecule has 5 nitrogen and oxygen atoms in total. The van der Waals surface area contributed by atoms with E-state index in [9.17, 15) is 9.59 Å². The van der Waals surface area contributed by atoms with Gasteiger partial charge in [-0.1, -0.05) is 25.3 Å². The largest absolute Gasteiger partial charge is 0.371 e. The maximum Gasteiger partial charge on any atom is 0.253 e. The number of anilines is 2. The molecule has 2 aliphatic rings. The standard InChI is InChI=1S/C23H29N3O2S/c27-22(16-19-9-6-14-29-19)24-18-10-11-21(26-12-4-5-13-26)20(15-18)23(28)25-17-7-2-1-3-8-17/h6,9-11,14-15,17H,1-5,7-8,12-13,16H2,(H,24,27)(H,25,28). The Bertz CT molecular complexity index is 838. The van der Waals surface area contributed by atoms with Gasteiger partial charge in [0.15, 0.2) is 0 Å². The van der Waals surface area contributed by atoms with Crippen LogP contribution in [-0.4, -0.2) is 30.9 Å². The van der Waals surface area contributed by atoms with E-state index >= 15 is 0 Å². The summed E-state index contributed by atoms with van der Waals surface area (Å²) in [7, 11) is 0. The third-order valence-electron chi connectivity index (χ3n) is 5.83. The van der Waals surface area contributed by atoms with Crippen molar-refractivity contribution in [2.75, 3.05) is 23.3 Å². The molecule has 1 aliphatic heterocycles. The van der Waals surface area contributed by atoms with Crippen LogP contribution in [0.15, 0.2) is 35.7 Å². The first kappa shape index (κ1) is 20.0. The summed E-state index contributed by atoms with van der Waals surface area (Å²) in [6.07, 6.45) is 8.41. The summed E-state index contributed by atoms with van der Waals surface area (Å²) >= 11 is 1.58. The monoisotopic (exact) mass is 411 g/mol. The van der Waals surface area contributed by atoms with Crippen LogP contribution in [0.1, 0.15) is 60.2 Å². The van der Waals surface area contributed by atoms with Crippen LogP contribution >= 0.6 is 11.3 Å². The molecule has 2 aromatic rings. The van der Waals surface area contributed by atoms with Crippen molar-refractivity contribution in [1.29, 1.82) is 0 Å². The van der Waals surface area contributed by atoms with E-state index in [-0.39, 0.29) is 17.9 Å². The molecule has 29 heavy (non-hydrogen) atoms. The lowest BCUT2D eigenvalue weighted by atomic mass is 9.95. The molecule has 0 bridgehead atoms. The van der Waals surface area contributed by atoms with Crippen LogP contribution in [0.25, 0.3) is 0 Å². The molecule has 4 rings (SSSR count). The second kappa shape index (κ2) is 9.44. The summed E-state index contributed by atoms with van der Waals surface area (Å²) in [6, 6.07) is 9.92. The highest BCUT2D eigenvalue weighted by atomic mass is 32.1. The molecule has 1 aromatic carbocycles. The Morgan fingerprint density at radius 1 is 1.03 bits per heavy atom. The predicted octanol–water partition coefficient (Wildman–Crippen LogP) is 4.59. The second-order valence-electron chi connectivity index (χ2n) is 8.04. The number of nitrogens with one attached hydrogen (secondary N) is 2. The van der Waals surface area contributed by atoms with E-state index in [1.54, 1.807) is 11.3 Å². The molecule has 0 radical (unpaired) electrons. The zero-order valence-corrected chi connectivity index (χ0v) is 17.6. The summed E-state index contributed by atoms with van der Waals surface area (Å²) in [5, 5.41) is 8.18. The quantitative estimate of drug-likeness (QED) is 0.731. The molecule has 1 aromatic heterocycles. The number of carbonyl (C=O) groups is 2. The van der Waals surface area contributed by atoms with Crippen LogP contribution in [0.3, 0.4) is 0 Å². The SMILES string of the molecule is O=C(Cc1cccs1)Nc1ccc(N2CCCC2)c(C(=O)NC2CCCCC2)c1. The zero-order valence-electron chi connectivity index (χ0n) is 16.8. The Labute approximate surface area is 176 Å². The molecule has 6 heteroatoms. The van der Waals surface area contributed by atoms with E-state index in [4.69, 9.17) is 0 Å². The number of amides is 2. The number of hydrogen-bond acceptors (Lipinski definition) is 4. The van der Waals surface area contributed by atoms with Crippen molar-refractivity contribution in [1.82, 2.24) is 5.32 Å². The molecule has 2 heterocycles. The average Bonchev–Trinajstić information content (AvgIpc) is 3.43. The van der Waals surface area contributed by atoms with Gasteiger partial charge >= 0.3 is 0 Å². The van der Waals surface area contributed by atoms with Crippen molar-refractivity contribution in [3.63, 3.8) is 0 Å². The lowest BCUT2D eigenvalue weighted by molar-refractivity contribution is -0.115. The third-order valence-corrected chi connectivity index (χ3v) is 6.70. The van der Waals surface area contributed by atoms with Crippen LogP contribution in [0.5, 0.6) is 0 Å². The summed E-state index contributed by atoms with van der Waals surface area (Å²) in [4.78, 5) is 28.9. The Hall–Kier alpha value is -2.34. The molecule has 0 unspecified atom stereocenters. The molecule has 154 valence electrons. The lowest BCUT2D eigenvalue weighted by Gasteiger charge is -2.25. The van der Waals surface area contributed by atoms with E-state index < -0.39 is 0 Å². The maximum absolute atomic E-state index is 13.1. The number of rotatable bonds is 6. The first-order valence-corrected chi connectivity index (χ1v) is 11.6. The Kier molecular flexibility index (Phi) is 6.49. The average molecular weight is 412 g/mol. The van der Waals surface area contributed by atoms with Crippen molar-refractivity contribution < 1.29 is 9.59 Å². The van der Waals surface area contributed by atoms with Gasteiger partial charge in [-0.25, -0.2) is 0 Å². The van der Waals surface area contributed by atoms with E-state index in [1.165, 1.54) is 19.3 Å². The van der Waals surface area contributed by atoms with Crippen LogP contribution in [0.2, 0.25) is 0 Å². The molecular formula is C23H29N3O2S. The highest BCUT2D eigenvalue weighted by Gasteiger charge is 2.23. The van der Waals surface area contributed by atoms with Crippen LogP contribution in [0.4, 0.5) is 11.4 Å². The number of carbonyl (C=O) groups excluding carboxylic acids is 2. The molecule has 1 saturated heterocycles. The van der Waals surface area contributed by atoms with E-state index in [0.717, 1.165) is 49.3 Å². The van der Waals surface area contributed by atoms with Gasteiger partial charge in [-0.2, -0.15) is 0 Å². The van der Waals surface area contributed by atoms with Gasteiger partial charge in [-0.3, -0.25) is 9.59 Å². The Morgan fingerprint density at radius 3 is 2.55 bits per heavy atom. The van der Waals surface area contributed by atoms with Crippen molar-refractivity contribution in [3.05, 3.63) is 46.2 Å². The lowest BCUT2D eigenvalue weighted by Crippen LogP contribution is -2.37. The summed E-state index contributed by atoms with van der Waals surface area (Å²) in [5.41, 5.74) is 2.33. The molecule has 1 aliphatic carbocycles. The smallest absolute Gasteiger partial charge is 0.253 e. The number of nitrogens with zero attached hydrogens (tertiary/aromatic N) is 1. The summed E-state index contributed by atoms with van der Waals surface area (Å²) < 4.78 is 0. The normalized spacial score (nSPS) is 17.3. The highest BCUT2D eigenvalue weighted by molar-refractivity contribution is 7.10. The fraction of sp³-hybridized carbons (Fsp3) is 0.478. The fourth-order valence-electron chi connectivity index (χ4n) is 4.32. The van der Waals surface area contributed by atoms with Gasteiger partial charge in [-0.15, -0.1) is 11.3 Å². The topological polar surface area (TPSA) is 61.4 Å². The van der Waals surface area contributed by atoms with Gasteiger partial charge in [-0.05, 0) is 55.3 Å². The van der Waals surface area contributed by atoms with Gasteiger partial charge < -0.3 is 15.5 Å². The fourth-order valence-corrected chi connectivity index (χ4v) is 5.02. The molecular weight excluding hydrogens is 382 g/mol. The molecule has 1 saturated carbocycles. The molecule has 2 N–H and O–H groups in total. The van der Waals surface area contributed by atoms with Crippen LogP contribution in [-0.2, 0) is 11.2 Å². The van der Waals surface area contributed by atoms with Crippen molar-refractivity contribution >= 4 is 34.5 Å². The minimum atomic E-state index is -0.0555. The van der Waals surface area contributed by atoms with E-state index in [0.29, 0.717) is 17.7 Å². The minimum absolute atomic E-state index is 0.0202. The van der Waals surface area contributed by atoms with Crippen molar-refractivity contribution in [2.45, 2.75) is 57.4 Å². The van der Waals surface area contributed by atoms with Crippen molar-refractivity contribution in [2.24, 2.45) is 0 Å². The first-order valence-electron chi connectivity index (χ1n) is 10.7. The third kappa shape index (κ3) is 5.18. The van der Waals surface area contributed by atoms with E-state index in [2.05, 4.69) is 15.5 Å².